The number of rotatable bonds is 6. The van der Waals surface area contributed by atoms with Gasteiger partial charge in [0, 0.05) is 52.4 Å². The molecule has 0 saturated carbocycles. The molecule has 4 fully saturated rings. The summed E-state index contributed by atoms with van der Waals surface area (Å²) in [6, 6.07) is 0. The summed E-state index contributed by atoms with van der Waals surface area (Å²) in [6.45, 7) is 13.4. The van der Waals surface area contributed by atoms with Crippen molar-refractivity contribution in [1.29, 1.82) is 0 Å². The highest BCUT2D eigenvalue weighted by molar-refractivity contribution is 4.76. The van der Waals surface area contributed by atoms with Gasteiger partial charge in [0.2, 0.25) is 0 Å². The van der Waals surface area contributed by atoms with Gasteiger partial charge in [-0.25, -0.2) is 0 Å². The van der Waals surface area contributed by atoms with E-state index in [2.05, 4.69) is 19.6 Å². The SMILES string of the molecule is C1CN(C(OC(N2CCOCC2)N2CCOCC2)N2CCOCC2)CCO1. The molecule has 0 radical (unpaired) electrons. The molecule has 0 atom stereocenters. The van der Waals surface area contributed by atoms with Gasteiger partial charge in [-0.1, -0.05) is 0 Å². The van der Waals surface area contributed by atoms with Crippen molar-refractivity contribution in [3.63, 3.8) is 0 Å². The fraction of sp³-hybridized carbons (Fsp3) is 1.00. The highest BCUT2D eigenvalue weighted by Crippen LogP contribution is 2.20. The standard InChI is InChI=1S/C18H34N4O5/c1-9-23-10-2-19(1)17(20-3-11-24-12-4-20)27-18(21-5-13-25-14-6-21)22-7-15-26-16-8-22/h17-18H,1-16H2. The van der Waals surface area contributed by atoms with Crippen molar-refractivity contribution in [2.24, 2.45) is 0 Å². The Morgan fingerprint density at radius 1 is 0.407 bits per heavy atom. The van der Waals surface area contributed by atoms with Crippen LogP contribution in [0.4, 0.5) is 0 Å². The Hall–Kier alpha value is -0.360. The minimum absolute atomic E-state index is 0.0477. The third-order valence-corrected chi connectivity index (χ3v) is 5.68. The number of hydrogen-bond acceptors (Lipinski definition) is 9. The van der Waals surface area contributed by atoms with E-state index in [4.69, 9.17) is 23.7 Å². The van der Waals surface area contributed by atoms with Crippen LogP contribution in [0.25, 0.3) is 0 Å². The molecule has 0 aliphatic carbocycles. The van der Waals surface area contributed by atoms with Gasteiger partial charge in [-0.15, -0.1) is 0 Å². The summed E-state index contributed by atoms with van der Waals surface area (Å²) >= 11 is 0. The average molecular weight is 386 g/mol. The minimum atomic E-state index is -0.0477. The summed E-state index contributed by atoms with van der Waals surface area (Å²) in [7, 11) is 0. The van der Waals surface area contributed by atoms with Gasteiger partial charge in [0.15, 0.2) is 12.7 Å². The van der Waals surface area contributed by atoms with Crippen LogP contribution >= 0.6 is 0 Å². The molecule has 9 heteroatoms. The van der Waals surface area contributed by atoms with Gasteiger partial charge in [-0.2, -0.15) is 0 Å². The molecular formula is C18H34N4O5. The van der Waals surface area contributed by atoms with Crippen LogP contribution in [0, 0.1) is 0 Å². The fourth-order valence-electron chi connectivity index (χ4n) is 4.11. The molecule has 0 bridgehead atoms. The molecule has 4 saturated heterocycles. The Bertz CT molecular complexity index is 348. The first-order valence-corrected chi connectivity index (χ1v) is 10.3. The molecular weight excluding hydrogens is 352 g/mol. The zero-order chi connectivity index (χ0) is 18.3. The number of hydrogen-bond donors (Lipinski definition) is 0. The lowest BCUT2D eigenvalue weighted by atomic mass is 10.3. The van der Waals surface area contributed by atoms with Crippen LogP contribution in [-0.2, 0) is 23.7 Å². The average Bonchev–Trinajstić information content (AvgIpc) is 2.77. The van der Waals surface area contributed by atoms with Gasteiger partial charge in [0.05, 0.1) is 52.9 Å². The highest BCUT2D eigenvalue weighted by atomic mass is 16.6. The fourth-order valence-corrected chi connectivity index (χ4v) is 4.11. The van der Waals surface area contributed by atoms with Crippen molar-refractivity contribution in [1.82, 2.24) is 19.6 Å². The summed E-state index contributed by atoms with van der Waals surface area (Å²) in [5.74, 6) is 0. The van der Waals surface area contributed by atoms with Crippen LogP contribution in [0.1, 0.15) is 0 Å². The molecule has 4 aliphatic rings. The molecule has 0 amide bonds. The molecule has 0 spiro atoms. The van der Waals surface area contributed by atoms with Gasteiger partial charge in [0.1, 0.15) is 0 Å². The van der Waals surface area contributed by atoms with E-state index in [1.807, 2.05) is 0 Å². The summed E-state index contributed by atoms with van der Waals surface area (Å²) in [5.41, 5.74) is 0. The molecule has 0 N–H and O–H groups in total. The predicted octanol–water partition coefficient (Wildman–Crippen LogP) is -1.10. The molecule has 4 aliphatic heterocycles. The van der Waals surface area contributed by atoms with E-state index in [1.54, 1.807) is 0 Å². The first-order valence-electron chi connectivity index (χ1n) is 10.3. The Labute approximate surface area is 162 Å². The molecule has 156 valence electrons. The van der Waals surface area contributed by atoms with Gasteiger partial charge >= 0.3 is 0 Å². The van der Waals surface area contributed by atoms with Crippen LogP contribution in [-0.4, -0.2) is 138 Å². The summed E-state index contributed by atoms with van der Waals surface area (Å²) in [6.07, 6.45) is -0.0954. The lowest BCUT2D eigenvalue weighted by Crippen LogP contribution is -2.63. The van der Waals surface area contributed by atoms with Crippen LogP contribution in [0.5, 0.6) is 0 Å². The third-order valence-electron chi connectivity index (χ3n) is 5.68. The maximum atomic E-state index is 6.89. The van der Waals surface area contributed by atoms with Gasteiger partial charge in [-0.05, 0) is 0 Å². The Kier molecular flexibility index (Phi) is 7.70. The van der Waals surface area contributed by atoms with Crippen molar-refractivity contribution in [3.8, 4) is 0 Å². The zero-order valence-electron chi connectivity index (χ0n) is 16.3. The number of morpholine rings is 4. The van der Waals surface area contributed by atoms with Crippen molar-refractivity contribution in [3.05, 3.63) is 0 Å². The van der Waals surface area contributed by atoms with Crippen molar-refractivity contribution >= 4 is 0 Å². The van der Waals surface area contributed by atoms with Crippen molar-refractivity contribution in [2.45, 2.75) is 12.7 Å². The van der Waals surface area contributed by atoms with Crippen LogP contribution in [0.3, 0.4) is 0 Å². The summed E-state index contributed by atoms with van der Waals surface area (Å²) in [5, 5.41) is 0. The van der Waals surface area contributed by atoms with Crippen molar-refractivity contribution in [2.75, 3.05) is 105 Å². The molecule has 27 heavy (non-hydrogen) atoms. The van der Waals surface area contributed by atoms with Gasteiger partial charge < -0.3 is 23.7 Å². The van der Waals surface area contributed by atoms with Gasteiger partial charge in [0.25, 0.3) is 0 Å². The largest absolute Gasteiger partial charge is 0.379 e. The lowest BCUT2D eigenvalue weighted by Gasteiger charge is -2.48. The second-order valence-corrected chi connectivity index (χ2v) is 7.38. The van der Waals surface area contributed by atoms with E-state index in [1.165, 1.54) is 0 Å². The van der Waals surface area contributed by atoms with Crippen LogP contribution in [0.2, 0.25) is 0 Å². The molecule has 9 nitrogen and oxygen atoms in total. The van der Waals surface area contributed by atoms with E-state index in [0.29, 0.717) is 0 Å². The normalized spacial score (nSPS) is 28.2. The van der Waals surface area contributed by atoms with E-state index in [0.717, 1.165) is 105 Å². The number of ether oxygens (including phenoxy) is 5. The van der Waals surface area contributed by atoms with Crippen LogP contribution in [0.15, 0.2) is 0 Å². The highest BCUT2D eigenvalue weighted by Gasteiger charge is 2.36. The molecule has 4 heterocycles. The van der Waals surface area contributed by atoms with Crippen molar-refractivity contribution < 1.29 is 23.7 Å². The number of nitrogens with zero attached hydrogens (tertiary/aromatic N) is 4. The maximum Gasteiger partial charge on any atom is 0.172 e. The van der Waals surface area contributed by atoms with E-state index in [-0.39, 0.29) is 12.7 Å². The van der Waals surface area contributed by atoms with Gasteiger partial charge in [-0.3, -0.25) is 19.6 Å². The Morgan fingerprint density at radius 3 is 0.852 bits per heavy atom. The van der Waals surface area contributed by atoms with Crippen LogP contribution < -0.4 is 0 Å². The quantitative estimate of drug-likeness (QED) is 0.566. The van der Waals surface area contributed by atoms with E-state index >= 15 is 0 Å². The lowest BCUT2D eigenvalue weighted by molar-refractivity contribution is -0.282. The monoisotopic (exact) mass is 386 g/mol. The molecule has 0 aromatic heterocycles. The molecule has 0 unspecified atom stereocenters. The van der Waals surface area contributed by atoms with E-state index in [9.17, 15) is 0 Å². The Morgan fingerprint density at radius 2 is 0.630 bits per heavy atom. The molecule has 4 rings (SSSR count). The smallest absolute Gasteiger partial charge is 0.172 e. The predicted molar refractivity (Wildman–Crippen MR) is 98.2 cm³/mol. The molecule has 0 aromatic rings. The topological polar surface area (TPSA) is 59.1 Å². The first-order chi connectivity index (χ1) is 13.4. The third kappa shape index (κ3) is 5.37. The second kappa shape index (κ2) is 10.4. The zero-order valence-corrected chi connectivity index (χ0v) is 16.3. The summed E-state index contributed by atoms with van der Waals surface area (Å²) in [4.78, 5) is 9.68. The van der Waals surface area contributed by atoms with E-state index < -0.39 is 0 Å². The minimum Gasteiger partial charge on any atom is -0.379 e. The maximum absolute atomic E-state index is 6.89. The Balaban J connectivity index is 1.49. The molecule has 0 aromatic carbocycles. The second-order valence-electron chi connectivity index (χ2n) is 7.38. The first kappa shape index (κ1) is 19.9. The summed E-state index contributed by atoms with van der Waals surface area (Å²) < 4.78 is 29.2.